The molecule has 1 aliphatic heterocycles. The topological polar surface area (TPSA) is 58.4 Å². The van der Waals surface area contributed by atoms with E-state index in [9.17, 15) is 4.79 Å². The number of hydrogen-bond donors (Lipinski definition) is 2. The molecule has 1 atom stereocenters. The third-order valence-electron chi connectivity index (χ3n) is 2.50. The Morgan fingerprint density at radius 2 is 2.06 bits per heavy atom. The number of hydrazine groups is 1. The highest BCUT2D eigenvalue weighted by molar-refractivity contribution is 5.88. The van der Waals surface area contributed by atoms with Gasteiger partial charge in [-0.15, -0.1) is 0 Å². The van der Waals surface area contributed by atoms with Crippen molar-refractivity contribution >= 4 is 5.91 Å². The minimum absolute atomic E-state index is 0.0439. The number of rotatable bonds is 3. The van der Waals surface area contributed by atoms with Crippen LogP contribution in [0.4, 0.5) is 0 Å². The lowest BCUT2D eigenvalue weighted by Crippen LogP contribution is -2.48. The van der Waals surface area contributed by atoms with Crippen LogP contribution < -0.4 is 11.2 Å². The van der Waals surface area contributed by atoms with Gasteiger partial charge >= 0.3 is 0 Å². The number of carbonyl (C=O) groups is 1. The second-order valence-corrected chi connectivity index (χ2v) is 3.66. The predicted octanol–water partition coefficient (Wildman–Crippen LogP) is 0.589. The summed E-state index contributed by atoms with van der Waals surface area (Å²) in [6.45, 7) is 0.973. The average molecular weight is 217 g/mol. The molecule has 1 heterocycles. The molecule has 84 valence electrons. The van der Waals surface area contributed by atoms with Crippen molar-refractivity contribution in [2.45, 2.75) is 6.04 Å². The van der Waals surface area contributed by atoms with Crippen molar-refractivity contribution in [3.8, 4) is 0 Å². The number of nitrogens with two attached hydrogens (primary N) is 1. The smallest absolute Gasteiger partial charge is 0.260 e. The minimum Gasteiger partial charge on any atom is -0.329 e. The zero-order chi connectivity index (χ0) is 11.4. The van der Waals surface area contributed by atoms with E-state index in [4.69, 9.17) is 5.73 Å². The highest BCUT2D eigenvalue weighted by Crippen LogP contribution is 2.17. The summed E-state index contributed by atoms with van der Waals surface area (Å²) in [6.07, 6.45) is 3.45. The second-order valence-electron chi connectivity index (χ2n) is 3.66. The second kappa shape index (κ2) is 4.92. The third kappa shape index (κ3) is 2.29. The van der Waals surface area contributed by atoms with Gasteiger partial charge < -0.3 is 5.73 Å². The van der Waals surface area contributed by atoms with Gasteiger partial charge in [0.1, 0.15) is 0 Å². The maximum absolute atomic E-state index is 11.5. The van der Waals surface area contributed by atoms with Gasteiger partial charge in [0, 0.05) is 19.2 Å². The number of amides is 1. The molecule has 3 N–H and O–H groups in total. The maximum atomic E-state index is 11.5. The molecule has 0 spiro atoms. The van der Waals surface area contributed by atoms with Gasteiger partial charge in [0.05, 0.1) is 6.04 Å². The Kier molecular flexibility index (Phi) is 3.34. The molecule has 4 nitrogen and oxygen atoms in total. The number of hydrogen-bond acceptors (Lipinski definition) is 3. The normalized spacial score (nSPS) is 20.2. The zero-order valence-corrected chi connectivity index (χ0v) is 8.97. The van der Waals surface area contributed by atoms with Crippen molar-refractivity contribution in [1.29, 1.82) is 0 Å². The molecule has 1 aromatic rings. The molecule has 0 saturated heterocycles. The standard InChI is InChI=1S/C12H15N3O/c13-8-9-15-12(16)7-6-11(14-15)10-4-2-1-3-5-10/h1-7,11,14H,8-9,13H2. The van der Waals surface area contributed by atoms with Crippen LogP contribution in [0.2, 0.25) is 0 Å². The molecule has 2 rings (SSSR count). The Hall–Kier alpha value is -1.65. The third-order valence-corrected chi connectivity index (χ3v) is 2.50. The Balaban J connectivity index is 2.14. The van der Waals surface area contributed by atoms with Crippen molar-refractivity contribution in [2.24, 2.45) is 5.73 Å². The summed E-state index contributed by atoms with van der Waals surface area (Å²) in [5.41, 5.74) is 9.72. The summed E-state index contributed by atoms with van der Waals surface area (Å²) in [6, 6.07) is 10.0. The van der Waals surface area contributed by atoms with Gasteiger partial charge in [0.15, 0.2) is 0 Å². The minimum atomic E-state index is -0.0439. The number of nitrogens with one attached hydrogen (secondary N) is 1. The van der Waals surface area contributed by atoms with E-state index in [0.717, 1.165) is 5.56 Å². The van der Waals surface area contributed by atoms with E-state index in [-0.39, 0.29) is 11.9 Å². The Morgan fingerprint density at radius 3 is 2.75 bits per heavy atom. The number of benzene rings is 1. The number of carbonyl (C=O) groups excluding carboxylic acids is 1. The van der Waals surface area contributed by atoms with E-state index in [0.29, 0.717) is 13.1 Å². The predicted molar refractivity (Wildman–Crippen MR) is 62.2 cm³/mol. The molecule has 0 fully saturated rings. The van der Waals surface area contributed by atoms with E-state index in [1.165, 1.54) is 0 Å². The molecule has 1 aromatic carbocycles. The summed E-state index contributed by atoms with van der Waals surface area (Å²) >= 11 is 0. The molecule has 1 aliphatic rings. The van der Waals surface area contributed by atoms with Crippen LogP contribution in [0.1, 0.15) is 11.6 Å². The summed E-state index contributed by atoms with van der Waals surface area (Å²) < 4.78 is 0. The van der Waals surface area contributed by atoms with Crippen LogP contribution in [-0.2, 0) is 4.79 Å². The molecule has 0 aliphatic carbocycles. The van der Waals surface area contributed by atoms with E-state index >= 15 is 0 Å². The van der Waals surface area contributed by atoms with Crippen molar-refractivity contribution in [1.82, 2.24) is 10.4 Å². The van der Waals surface area contributed by atoms with E-state index in [2.05, 4.69) is 5.43 Å². The van der Waals surface area contributed by atoms with Gasteiger partial charge in [-0.1, -0.05) is 36.4 Å². The highest BCUT2D eigenvalue weighted by Gasteiger charge is 2.20. The molecular weight excluding hydrogens is 202 g/mol. The first-order chi connectivity index (χ1) is 7.81. The fraction of sp³-hybridized carbons (Fsp3) is 0.250. The maximum Gasteiger partial charge on any atom is 0.260 e. The van der Waals surface area contributed by atoms with Gasteiger partial charge in [-0.3, -0.25) is 9.80 Å². The highest BCUT2D eigenvalue weighted by atomic mass is 16.2. The molecule has 0 radical (unpaired) electrons. The fourth-order valence-corrected chi connectivity index (χ4v) is 1.69. The first-order valence-corrected chi connectivity index (χ1v) is 5.32. The molecule has 0 aromatic heterocycles. The van der Waals surface area contributed by atoms with E-state index in [1.54, 1.807) is 11.1 Å². The van der Waals surface area contributed by atoms with Crippen LogP contribution in [-0.4, -0.2) is 24.0 Å². The van der Waals surface area contributed by atoms with Crippen LogP contribution in [0.3, 0.4) is 0 Å². The van der Waals surface area contributed by atoms with Crippen LogP contribution >= 0.6 is 0 Å². The molecule has 1 amide bonds. The van der Waals surface area contributed by atoms with E-state index < -0.39 is 0 Å². The van der Waals surface area contributed by atoms with Gasteiger partial charge in [-0.2, -0.15) is 0 Å². The lowest BCUT2D eigenvalue weighted by atomic mass is 10.1. The summed E-state index contributed by atoms with van der Waals surface area (Å²) in [4.78, 5) is 11.5. The van der Waals surface area contributed by atoms with Gasteiger partial charge in [0.2, 0.25) is 0 Å². The summed E-state index contributed by atoms with van der Waals surface area (Å²) in [7, 11) is 0. The van der Waals surface area contributed by atoms with Crippen LogP contribution in [0.25, 0.3) is 0 Å². The van der Waals surface area contributed by atoms with Crippen molar-refractivity contribution in [3.63, 3.8) is 0 Å². The first-order valence-electron chi connectivity index (χ1n) is 5.32. The van der Waals surface area contributed by atoms with Gasteiger partial charge in [-0.25, -0.2) is 5.43 Å². The Morgan fingerprint density at radius 1 is 1.31 bits per heavy atom. The van der Waals surface area contributed by atoms with Gasteiger partial charge in [0.25, 0.3) is 5.91 Å². The lowest BCUT2D eigenvalue weighted by molar-refractivity contribution is -0.130. The van der Waals surface area contributed by atoms with E-state index in [1.807, 2.05) is 36.4 Å². The van der Waals surface area contributed by atoms with Crippen LogP contribution in [0.5, 0.6) is 0 Å². The molecule has 16 heavy (non-hydrogen) atoms. The molecule has 0 bridgehead atoms. The summed E-state index contributed by atoms with van der Waals surface area (Å²) in [5, 5.41) is 1.55. The van der Waals surface area contributed by atoms with Crippen LogP contribution in [0.15, 0.2) is 42.5 Å². The van der Waals surface area contributed by atoms with Crippen molar-refractivity contribution in [3.05, 3.63) is 48.0 Å². The molecule has 0 saturated carbocycles. The quantitative estimate of drug-likeness (QED) is 0.779. The number of nitrogens with zero attached hydrogens (tertiary/aromatic N) is 1. The molecular formula is C12H15N3O. The SMILES string of the molecule is NCCN1NC(c2ccccc2)C=CC1=O. The Labute approximate surface area is 94.7 Å². The monoisotopic (exact) mass is 217 g/mol. The summed E-state index contributed by atoms with van der Waals surface area (Å²) in [5.74, 6) is -0.0439. The molecule has 1 unspecified atom stereocenters. The zero-order valence-electron chi connectivity index (χ0n) is 8.97. The first kappa shape index (κ1) is 10.9. The molecule has 4 heteroatoms. The lowest BCUT2D eigenvalue weighted by Gasteiger charge is -2.30. The van der Waals surface area contributed by atoms with Gasteiger partial charge in [-0.05, 0) is 5.56 Å². The van der Waals surface area contributed by atoms with Crippen LogP contribution in [0, 0.1) is 0 Å². The van der Waals surface area contributed by atoms with Crippen molar-refractivity contribution in [2.75, 3.05) is 13.1 Å². The average Bonchev–Trinajstić information content (AvgIpc) is 2.33. The Bertz CT molecular complexity index is 389. The fourth-order valence-electron chi connectivity index (χ4n) is 1.69. The van der Waals surface area contributed by atoms with Crippen molar-refractivity contribution < 1.29 is 4.79 Å². The largest absolute Gasteiger partial charge is 0.329 e.